The van der Waals surface area contributed by atoms with Crippen molar-refractivity contribution in [2.45, 2.75) is 13.3 Å². The Morgan fingerprint density at radius 3 is 2.23 bits per heavy atom. The minimum Gasteiger partial charge on any atom is -0.496 e. The lowest BCUT2D eigenvalue weighted by Gasteiger charge is -2.10. The fraction of sp³-hybridized carbons (Fsp3) is 0.400. The number of benzene rings is 1. The molecule has 0 aliphatic rings. The summed E-state index contributed by atoms with van der Waals surface area (Å²) in [5, 5.41) is 0. The SMILES string of the molecule is CCc1cc(OC)c(Br)cc1OC. The summed E-state index contributed by atoms with van der Waals surface area (Å²) in [6.45, 7) is 2.09. The Morgan fingerprint density at radius 2 is 1.77 bits per heavy atom. The molecule has 2 nitrogen and oxygen atoms in total. The molecule has 0 aliphatic carbocycles. The van der Waals surface area contributed by atoms with E-state index in [1.807, 2.05) is 12.1 Å². The van der Waals surface area contributed by atoms with Crippen molar-refractivity contribution in [1.82, 2.24) is 0 Å². The summed E-state index contributed by atoms with van der Waals surface area (Å²) in [7, 11) is 3.33. The van der Waals surface area contributed by atoms with E-state index in [1.165, 1.54) is 0 Å². The number of ether oxygens (including phenoxy) is 2. The van der Waals surface area contributed by atoms with Gasteiger partial charge in [-0.3, -0.25) is 0 Å². The maximum atomic E-state index is 5.23. The zero-order valence-electron chi connectivity index (χ0n) is 8.06. The first-order chi connectivity index (χ1) is 6.22. The summed E-state index contributed by atoms with van der Waals surface area (Å²) in [6, 6.07) is 3.92. The standard InChI is InChI=1S/C10H13BrO2/c1-4-7-5-10(13-3)8(11)6-9(7)12-2/h5-6H,4H2,1-3H3. The molecule has 0 N–H and O–H groups in total. The van der Waals surface area contributed by atoms with Gasteiger partial charge in [0.25, 0.3) is 0 Å². The highest BCUT2D eigenvalue weighted by molar-refractivity contribution is 9.10. The van der Waals surface area contributed by atoms with Crippen LogP contribution in [-0.2, 0) is 6.42 Å². The van der Waals surface area contributed by atoms with Crippen LogP contribution in [0.25, 0.3) is 0 Å². The van der Waals surface area contributed by atoms with Crippen LogP contribution in [-0.4, -0.2) is 14.2 Å². The summed E-state index contributed by atoms with van der Waals surface area (Å²) in [6.07, 6.45) is 0.937. The molecule has 13 heavy (non-hydrogen) atoms. The molecule has 0 amide bonds. The van der Waals surface area contributed by atoms with Gasteiger partial charge in [-0.15, -0.1) is 0 Å². The van der Waals surface area contributed by atoms with Gasteiger partial charge in [0.15, 0.2) is 0 Å². The molecule has 1 rings (SSSR count). The summed E-state index contributed by atoms with van der Waals surface area (Å²) in [5.41, 5.74) is 1.16. The van der Waals surface area contributed by atoms with Crippen molar-refractivity contribution in [3.63, 3.8) is 0 Å². The molecule has 3 heteroatoms. The molecule has 0 fully saturated rings. The van der Waals surface area contributed by atoms with Crippen LogP contribution in [0.4, 0.5) is 0 Å². The quantitative estimate of drug-likeness (QED) is 0.814. The molecule has 0 saturated carbocycles. The first-order valence-corrected chi connectivity index (χ1v) is 4.92. The largest absolute Gasteiger partial charge is 0.496 e. The maximum absolute atomic E-state index is 5.23. The van der Waals surface area contributed by atoms with E-state index in [0.29, 0.717) is 0 Å². The third-order valence-corrected chi connectivity index (χ3v) is 2.56. The smallest absolute Gasteiger partial charge is 0.133 e. The van der Waals surface area contributed by atoms with Gasteiger partial charge in [0.1, 0.15) is 11.5 Å². The number of hydrogen-bond acceptors (Lipinski definition) is 2. The third kappa shape index (κ3) is 2.15. The second-order valence-electron chi connectivity index (χ2n) is 2.65. The molecule has 0 bridgehead atoms. The first kappa shape index (κ1) is 10.4. The summed E-state index contributed by atoms with van der Waals surface area (Å²) >= 11 is 3.41. The minimum atomic E-state index is 0.845. The van der Waals surface area contributed by atoms with E-state index in [1.54, 1.807) is 14.2 Å². The van der Waals surface area contributed by atoms with Crippen LogP contribution < -0.4 is 9.47 Å². The first-order valence-electron chi connectivity index (χ1n) is 4.13. The van der Waals surface area contributed by atoms with Crippen molar-refractivity contribution in [1.29, 1.82) is 0 Å². The average molecular weight is 245 g/mol. The van der Waals surface area contributed by atoms with Crippen LogP contribution in [0.2, 0.25) is 0 Å². The van der Waals surface area contributed by atoms with Gasteiger partial charge >= 0.3 is 0 Å². The predicted molar refractivity (Wildman–Crippen MR) is 56.6 cm³/mol. The van der Waals surface area contributed by atoms with E-state index in [-0.39, 0.29) is 0 Å². The van der Waals surface area contributed by atoms with E-state index in [2.05, 4.69) is 22.9 Å². The highest BCUT2D eigenvalue weighted by Gasteiger charge is 2.07. The number of methoxy groups -OCH3 is 2. The molecule has 0 heterocycles. The minimum absolute atomic E-state index is 0.845. The zero-order chi connectivity index (χ0) is 9.84. The van der Waals surface area contributed by atoms with Crippen molar-refractivity contribution in [2.24, 2.45) is 0 Å². The van der Waals surface area contributed by atoms with E-state index < -0.39 is 0 Å². The van der Waals surface area contributed by atoms with Crippen molar-refractivity contribution >= 4 is 15.9 Å². The molecule has 72 valence electrons. The van der Waals surface area contributed by atoms with Crippen LogP contribution >= 0.6 is 15.9 Å². The Bertz CT molecular complexity index is 297. The molecule has 0 radical (unpaired) electrons. The number of aryl methyl sites for hydroxylation is 1. The van der Waals surface area contributed by atoms with Gasteiger partial charge in [-0.2, -0.15) is 0 Å². The molecule has 0 unspecified atom stereocenters. The summed E-state index contributed by atoms with van der Waals surface area (Å²) in [4.78, 5) is 0. The molecule has 0 spiro atoms. The fourth-order valence-corrected chi connectivity index (χ4v) is 1.68. The highest BCUT2D eigenvalue weighted by atomic mass is 79.9. The third-order valence-electron chi connectivity index (χ3n) is 1.94. The molecule has 1 aromatic carbocycles. The lowest BCUT2D eigenvalue weighted by molar-refractivity contribution is 0.397. The topological polar surface area (TPSA) is 18.5 Å². The number of halogens is 1. The van der Waals surface area contributed by atoms with Gasteiger partial charge < -0.3 is 9.47 Å². The van der Waals surface area contributed by atoms with Crippen molar-refractivity contribution in [2.75, 3.05) is 14.2 Å². The Labute approximate surface area is 87.0 Å². The Morgan fingerprint density at radius 1 is 1.15 bits per heavy atom. The van der Waals surface area contributed by atoms with Gasteiger partial charge in [0.2, 0.25) is 0 Å². The van der Waals surface area contributed by atoms with Gasteiger partial charge in [0.05, 0.1) is 18.7 Å². The van der Waals surface area contributed by atoms with E-state index in [4.69, 9.17) is 9.47 Å². The average Bonchev–Trinajstić information content (AvgIpc) is 2.17. The second-order valence-corrected chi connectivity index (χ2v) is 3.51. The maximum Gasteiger partial charge on any atom is 0.133 e. The van der Waals surface area contributed by atoms with Crippen LogP contribution in [0.5, 0.6) is 11.5 Å². The highest BCUT2D eigenvalue weighted by Crippen LogP contribution is 2.32. The van der Waals surface area contributed by atoms with Crippen molar-refractivity contribution in [3.05, 3.63) is 22.2 Å². The monoisotopic (exact) mass is 244 g/mol. The molecule has 0 aromatic heterocycles. The lowest BCUT2D eigenvalue weighted by atomic mass is 10.1. The van der Waals surface area contributed by atoms with Crippen molar-refractivity contribution in [3.8, 4) is 11.5 Å². The van der Waals surface area contributed by atoms with Gasteiger partial charge in [-0.05, 0) is 40.0 Å². The van der Waals surface area contributed by atoms with Crippen molar-refractivity contribution < 1.29 is 9.47 Å². The van der Waals surface area contributed by atoms with Crippen LogP contribution in [0.15, 0.2) is 16.6 Å². The number of hydrogen-bond donors (Lipinski definition) is 0. The molecule has 0 saturated heterocycles. The lowest BCUT2D eigenvalue weighted by Crippen LogP contribution is -1.93. The predicted octanol–water partition coefficient (Wildman–Crippen LogP) is 3.03. The fourth-order valence-electron chi connectivity index (χ4n) is 1.20. The van der Waals surface area contributed by atoms with Gasteiger partial charge in [-0.1, -0.05) is 6.92 Å². The summed E-state index contributed by atoms with van der Waals surface area (Å²) < 4.78 is 11.3. The number of rotatable bonds is 3. The zero-order valence-corrected chi connectivity index (χ0v) is 9.64. The molecule has 1 aromatic rings. The Kier molecular flexibility index (Phi) is 3.60. The van der Waals surface area contributed by atoms with Gasteiger partial charge in [-0.25, -0.2) is 0 Å². The van der Waals surface area contributed by atoms with E-state index >= 15 is 0 Å². The molecule has 0 atom stereocenters. The summed E-state index contributed by atoms with van der Waals surface area (Å²) in [5.74, 6) is 1.74. The second kappa shape index (κ2) is 4.51. The van der Waals surface area contributed by atoms with E-state index in [9.17, 15) is 0 Å². The Hall–Kier alpha value is -0.700. The van der Waals surface area contributed by atoms with Gasteiger partial charge in [0, 0.05) is 0 Å². The van der Waals surface area contributed by atoms with Crippen LogP contribution in [0.1, 0.15) is 12.5 Å². The molecular formula is C10H13BrO2. The van der Waals surface area contributed by atoms with Crippen LogP contribution in [0.3, 0.4) is 0 Å². The van der Waals surface area contributed by atoms with E-state index in [0.717, 1.165) is 28.0 Å². The Balaban J connectivity index is 3.18. The molecule has 0 aliphatic heterocycles. The normalized spacial score (nSPS) is 9.85. The molecular weight excluding hydrogens is 232 g/mol. The van der Waals surface area contributed by atoms with Crippen LogP contribution in [0, 0.1) is 0 Å².